The Labute approximate surface area is 117 Å². The number of esters is 1. The summed E-state index contributed by atoms with van der Waals surface area (Å²) >= 11 is 0. The SMILES string of the molecule is CC(=O)/C(=C/c1ccccc1)OC(=O)c1ccccc1. The van der Waals surface area contributed by atoms with E-state index in [1.165, 1.54) is 6.92 Å². The van der Waals surface area contributed by atoms with E-state index in [0.29, 0.717) is 5.56 Å². The van der Waals surface area contributed by atoms with Crippen molar-refractivity contribution < 1.29 is 14.3 Å². The zero-order valence-electron chi connectivity index (χ0n) is 11.1. The number of carbonyl (C=O) groups is 2. The quantitative estimate of drug-likeness (QED) is 0.483. The van der Waals surface area contributed by atoms with Crippen LogP contribution in [0, 0.1) is 0 Å². The number of allylic oxidation sites excluding steroid dienone is 1. The Morgan fingerprint density at radius 1 is 0.900 bits per heavy atom. The van der Waals surface area contributed by atoms with Crippen LogP contribution in [0.25, 0.3) is 6.08 Å². The van der Waals surface area contributed by atoms with Gasteiger partial charge in [0.05, 0.1) is 5.56 Å². The van der Waals surface area contributed by atoms with Crippen molar-refractivity contribution in [3.8, 4) is 0 Å². The minimum absolute atomic E-state index is 0.0325. The highest BCUT2D eigenvalue weighted by molar-refractivity contribution is 6.00. The topological polar surface area (TPSA) is 43.4 Å². The molecule has 2 aromatic rings. The molecule has 0 fully saturated rings. The second-order valence-corrected chi connectivity index (χ2v) is 4.23. The summed E-state index contributed by atoms with van der Waals surface area (Å²) in [5, 5.41) is 0. The molecule has 3 heteroatoms. The molecule has 2 aromatic carbocycles. The molecule has 0 heterocycles. The van der Waals surface area contributed by atoms with Crippen molar-refractivity contribution in [3.05, 3.63) is 77.5 Å². The highest BCUT2D eigenvalue weighted by Crippen LogP contribution is 2.12. The first kappa shape index (κ1) is 13.7. The smallest absolute Gasteiger partial charge is 0.343 e. The van der Waals surface area contributed by atoms with Crippen LogP contribution in [0.1, 0.15) is 22.8 Å². The summed E-state index contributed by atoms with van der Waals surface area (Å²) in [6.07, 6.45) is 1.56. The number of ketones is 1. The number of Topliss-reactive ketones (excluding diaryl/α,β-unsaturated/α-hetero) is 1. The summed E-state index contributed by atoms with van der Waals surface area (Å²) in [6.45, 7) is 1.37. The number of carbonyl (C=O) groups excluding carboxylic acids is 2. The third-order valence-corrected chi connectivity index (χ3v) is 2.66. The molecule has 0 N–H and O–H groups in total. The van der Waals surface area contributed by atoms with Crippen LogP contribution in [0.5, 0.6) is 0 Å². The summed E-state index contributed by atoms with van der Waals surface area (Å²) in [7, 11) is 0. The largest absolute Gasteiger partial charge is 0.419 e. The molecule has 100 valence electrons. The number of benzene rings is 2. The predicted octanol–water partition coefficient (Wildman–Crippen LogP) is 3.47. The van der Waals surface area contributed by atoms with Gasteiger partial charge in [-0.1, -0.05) is 48.5 Å². The maximum atomic E-state index is 11.9. The minimum atomic E-state index is -0.539. The molecule has 0 spiro atoms. The lowest BCUT2D eigenvalue weighted by molar-refractivity contribution is -0.116. The van der Waals surface area contributed by atoms with Crippen LogP contribution in [0.15, 0.2) is 66.4 Å². The van der Waals surface area contributed by atoms with E-state index >= 15 is 0 Å². The van der Waals surface area contributed by atoms with Crippen molar-refractivity contribution in [2.75, 3.05) is 0 Å². The van der Waals surface area contributed by atoms with Crippen molar-refractivity contribution in [1.29, 1.82) is 0 Å². The fourth-order valence-electron chi connectivity index (χ4n) is 1.64. The summed E-state index contributed by atoms with van der Waals surface area (Å²) in [5.74, 6) is -0.800. The summed E-state index contributed by atoms with van der Waals surface area (Å²) in [5.41, 5.74) is 1.21. The van der Waals surface area contributed by atoms with Gasteiger partial charge in [-0.3, -0.25) is 4.79 Å². The van der Waals surface area contributed by atoms with Crippen LogP contribution in [-0.4, -0.2) is 11.8 Å². The van der Waals surface area contributed by atoms with Gasteiger partial charge in [0.25, 0.3) is 0 Å². The van der Waals surface area contributed by atoms with Gasteiger partial charge in [0.1, 0.15) is 0 Å². The lowest BCUT2D eigenvalue weighted by Crippen LogP contribution is -2.09. The average molecular weight is 266 g/mol. The molecule has 0 radical (unpaired) electrons. The monoisotopic (exact) mass is 266 g/mol. The molecule has 0 aliphatic carbocycles. The van der Waals surface area contributed by atoms with Crippen molar-refractivity contribution in [2.24, 2.45) is 0 Å². The fourth-order valence-corrected chi connectivity index (χ4v) is 1.64. The van der Waals surface area contributed by atoms with E-state index in [2.05, 4.69) is 0 Å². The van der Waals surface area contributed by atoms with Crippen molar-refractivity contribution >= 4 is 17.8 Å². The molecule has 0 saturated carbocycles. The Hall–Kier alpha value is -2.68. The molecular formula is C17H14O3. The molecule has 0 saturated heterocycles. The van der Waals surface area contributed by atoms with Gasteiger partial charge in [-0.15, -0.1) is 0 Å². The molecule has 0 aliphatic heterocycles. The Morgan fingerprint density at radius 3 is 2.00 bits per heavy atom. The number of hydrogen-bond donors (Lipinski definition) is 0. The zero-order chi connectivity index (χ0) is 14.4. The summed E-state index contributed by atoms with van der Waals surface area (Å²) in [6, 6.07) is 17.8. The maximum absolute atomic E-state index is 11.9. The van der Waals surface area contributed by atoms with E-state index in [1.807, 2.05) is 36.4 Å². The van der Waals surface area contributed by atoms with Crippen molar-refractivity contribution in [2.45, 2.75) is 6.92 Å². The highest BCUT2D eigenvalue weighted by atomic mass is 16.5. The Kier molecular flexibility index (Phi) is 4.45. The van der Waals surface area contributed by atoms with Gasteiger partial charge in [0.2, 0.25) is 0 Å². The molecular weight excluding hydrogens is 252 g/mol. The first-order valence-electron chi connectivity index (χ1n) is 6.22. The number of hydrogen-bond acceptors (Lipinski definition) is 3. The average Bonchev–Trinajstić information content (AvgIpc) is 2.48. The number of ether oxygens (including phenoxy) is 1. The fraction of sp³-hybridized carbons (Fsp3) is 0.0588. The van der Waals surface area contributed by atoms with Crippen LogP contribution in [0.3, 0.4) is 0 Å². The summed E-state index contributed by atoms with van der Waals surface area (Å²) in [4.78, 5) is 23.5. The Morgan fingerprint density at radius 2 is 1.45 bits per heavy atom. The highest BCUT2D eigenvalue weighted by Gasteiger charge is 2.13. The van der Waals surface area contributed by atoms with E-state index in [9.17, 15) is 9.59 Å². The van der Waals surface area contributed by atoms with Crippen molar-refractivity contribution in [3.63, 3.8) is 0 Å². The molecule has 0 aliphatic rings. The van der Waals surface area contributed by atoms with Gasteiger partial charge in [-0.25, -0.2) is 4.79 Å². The molecule has 0 bridgehead atoms. The first-order valence-corrected chi connectivity index (χ1v) is 6.22. The zero-order valence-corrected chi connectivity index (χ0v) is 11.1. The Balaban J connectivity index is 2.21. The molecule has 0 amide bonds. The molecule has 2 rings (SSSR count). The van der Waals surface area contributed by atoms with Gasteiger partial charge in [0, 0.05) is 6.92 Å². The lowest BCUT2D eigenvalue weighted by Gasteiger charge is -2.06. The second-order valence-electron chi connectivity index (χ2n) is 4.23. The predicted molar refractivity (Wildman–Crippen MR) is 77.0 cm³/mol. The molecule has 0 aromatic heterocycles. The van der Waals surface area contributed by atoms with Crippen LogP contribution in [0.4, 0.5) is 0 Å². The van der Waals surface area contributed by atoms with Crippen LogP contribution < -0.4 is 0 Å². The maximum Gasteiger partial charge on any atom is 0.343 e. The molecule has 3 nitrogen and oxygen atoms in total. The van der Waals surface area contributed by atoms with E-state index < -0.39 is 5.97 Å². The van der Waals surface area contributed by atoms with E-state index in [4.69, 9.17) is 4.74 Å². The van der Waals surface area contributed by atoms with E-state index in [0.717, 1.165) is 5.56 Å². The van der Waals surface area contributed by atoms with Crippen LogP contribution >= 0.6 is 0 Å². The van der Waals surface area contributed by atoms with Crippen LogP contribution in [0.2, 0.25) is 0 Å². The lowest BCUT2D eigenvalue weighted by atomic mass is 10.2. The molecule has 20 heavy (non-hydrogen) atoms. The summed E-state index contributed by atoms with van der Waals surface area (Å²) < 4.78 is 5.17. The van der Waals surface area contributed by atoms with Gasteiger partial charge in [-0.05, 0) is 23.8 Å². The minimum Gasteiger partial charge on any atom is -0.419 e. The normalized spacial score (nSPS) is 10.9. The molecule has 0 atom stereocenters. The Bertz CT molecular complexity index is 628. The van der Waals surface area contributed by atoms with Crippen molar-refractivity contribution in [1.82, 2.24) is 0 Å². The first-order chi connectivity index (χ1) is 9.66. The second kappa shape index (κ2) is 6.48. The third-order valence-electron chi connectivity index (χ3n) is 2.66. The number of rotatable bonds is 4. The van der Waals surface area contributed by atoms with Gasteiger partial charge in [-0.2, -0.15) is 0 Å². The van der Waals surface area contributed by atoms with Gasteiger partial charge >= 0.3 is 5.97 Å². The van der Waals surface area contributed by atoms with Crippen LogP contribution in [-0.2, 0) is 9.53 Å². The van der Waals surface area contributed by atoms with E-state index in [-0.39, 0.29) is 11.5 Å². The third kappa shape index (κ3) is 3.65. The van der Waals surface area contributed by atoms with E-state index in [1.54, 1.807) is 30.3 Å². The van der Waals surface area contributed by atoms with Gasteiger partial charge in [0.15, 0.2) is 11.5 Å². The van der Waals surface area contributed by atoms with Gasteiger partial charge < -0.3 is 4.74 Å². The molecule has 0 unspecified atom stereocenters. The standard InChI is InChI=1S/C17H14O3/c1-13(18)16(12-14-8-4-2-5-9-14)20-17(19)15-10-6-3-7-11-15/h2-12H,1H3/b16-12-.